The molecular formula is C17H17AlNO2. The summed E-state index contributed by atoms with van der Waals surface area (Å²) in [6.07, 6.45) is 6.19. The largest absolute Gasteiger partial charge is 0.881 e. The third-order valence-corrected chi connectivity index (χ3v) is 4.27. The van der Waals surface area contributed by atoms with Gasteiger partial charge in [0.05, 0.1) is 5.76 Å². The van der Waals surface area contributed by atoms with Gasteiger partial charge in [-0.3, -0.25) is 0 Å². The molecule has 1 aliphatic carbocycles. The highest BCUT2D eigenvalue weighted by molar-refractivity contribution is 6.20. The van der Waals surface area contributed by atoms with Crippen molar-refractivity contribution in [3.63, 3.8) is 0 Å². The third-order valence-electron chi connectivity index (χ3n) is 3.52. The molecule has 0 saturated heterocycles. The van der Waals surface area contributed by atoms with E-state index in [0.717, 1.165) is 40.9 Å². The van der Waals surface area contributed by atoms with Crippen molar-refractivity contribution in [1.82, 2.24) is 4.98 Å². The van der Waals surface area contributed by atoms with Crippen LogP contribution in [-0.2, 0) is 3.79 Å². The fourth-order valence-corrected chi connectivity index (χ4v) is 2.93. The Morgan fingerprint density at radius 3 is 2.71 bits per heavy atom. The van der Waals surface area contributed by atoms with E-state index in [1.807, 2.05) is 37.3 Å². The number of aryl methyl sites for hydroxylation is 1. The summed E-state index contributed by atoms with van der Waals surface area (Å²) >= 11 is -0.566. The molecule has 0 saturated carbocycles. The van der Waals surface area contributed by atoms with Crippen molar-refractivity contribution in [2.24, 2.45) is 0 Å². The zero-order valence-corrected chi connectivity index (χ0v) is 13.5. The van der Waals surface area contributed by atoms with Gasteiger partial charge in [-0.25, -0.2) is 4.98 Å². The van der Waals surface area contributed by atoms with Gasteiger partial charge in [-0.05, 0) is 38.5 Å². The Labute approximate surface area is 131 Å². The average Bonchev–Trinajstić information content (AvgIpc) is 2.50. The average molecular weight is 294 g/mol. The second-order valence-electron chi connectivity index (χ2n) is 5.26. The number of hydrogen-bond donors (Lipinski definition) is 0. The van der Waals surface area contributed by atoms with Crippen molar-refractivity contribution >= 4 is 26.8 Å². The molecule has 3 rings (SSSR count). The molecule has 1 radical (unpaired) electrons. The van der Waals surface area contributed by atoms with Crippen LogP contribution in [0.4, 0.5) is 0 Å². The Hall–Kier alpha value is -1.76. The number of fused-ring (bicyclic) bond motifs is 1. The number of aromatic nitrogens is 1. The summed E-state index contributed by atoms with van der Waals surface area (Å²) in [7, 11) is 0. The van der Waals surface area contributed by atoms with Crippen LogP contribution in [0.25, 0.3) is 10.9 Å². The van der Waals surface area contributed by atoms with Crippen LogP contribution < -0.4 is 3.79 Å². The van der Waals surface area contributed by atoms with E-state index in [1.54, 1.807) is 0 Å². The van der Waals surface area contributed by atoms with Crippen molar-refractivity contribution < 1.29 is 7.58 Å². The molecule has 1 aromatic heterocycles. The predicted molar refractivity (Wildman–Crippen MR) is 85.0 cm³/mol. The minimum absolute atomic E-state index is 0.566. The number of allylic oxidation sites excluding steroid dienone is 4. The first kappa shape index (κ1) is 14.2. The van der Waals surface area contributed by atoms with E-state index in [-0.39, 0.29) is 0 Å². The van der Waals surface area contributed by atoms with E-state index >= 15 is 0 Å². The minimum Gasteiger partial charge on any atom is -0.619 e. The van der Waals surface area contributed by atoms with E-state index in [2.05, 4.69) is 24.1 Å². The molecular weight excluding hydrogens is 277 g/mol. The molecule has 0 spiro atoms. The third kappa shape index (κ3) is 3.47. The summed E-state index contributed by atoms with van der Waals surface area (Å²) in [4.78, 5) is 4.56. The lowest BCUT2D eigenvalue weighted by Gasteiger charge is -2.15. The Kier molecular flexibility index (Phi) is 4.29. The zero-order valence-electron chi connectivity index (χ0n) is 12.3. The van der Waals surface area contributed by atoms with Gasteiger partial charge < -0.3 is 7.58 Å². The monoisotopic (exact) mass is 294 g/mol. The Morgan fingerprint density at radius 1 is 1.00 bits per heavy atom. The SMILES string of the molecule is CC1=CC=C([O][Al][O]c2cccc3ccc(C)nc23)CC1. The smallest absolute Gasteiger partial charge is 0.619 e. The van der Waals surface area contributed by atoms with Crippen LogP contribution in [0.15, 0.2) is 53.8 Å². The molecule has 2 aromatic rings. The van der Waals surface area contributed by atoms with Crippen LogP contribution in [0.5, 0.6) is 5.75 Å². The van der Waals surface area contributed by atoms with Gasteiger partial charge in [0, 0.05) is 17.5 Å². The second kappa shape index (κ2) is 6.34. The summed E-state index contributed by atoms with van der Waals surface area (Å²) in [6, 6.07) is 10.1. The predicted octanol–water partition coefficient (Wildman–Crippen LogP) is 4.10. The van der Waals surface area contributed by atoms with Gasteiger partial charge in [-0.15, -0.1) is 0 Å². The minimum atomic E-state index is -0.566. The fraction of sp³-hybridized carbons (Fsp3) is 0.235. The maximum Gasteiger partial charge on any atom is 0.881 e. The Bertz CT molecular complexity index is 722. The van der Waals surface area contributed by atoms with Gasteiger partial charge in [0.15, 0.2) is 0 Å². The van der Waals surface area contributed by atoms with Gasteiger partial charge >= 0.3 is 15.9 Å². The fourth-order valence-electron chi connectivity index (χ4n) is 2.27. The van der Waals surface area contributed by atoms with Crippen LogP contribution in [0.3, 0.4) is 0 Å². The van der Waals surface area contributed by atoms with Gasteiger partial charge in [0.2, 0.25) is 0 Å². The summed E-state index contributed by atoms with van der Waals surface area (Å²) in [5.74, 6) is 1.81. The number of rotatable bonds is 4. The highest BCUT2D eigenvalue weighted by Crippen LogP contribution is 2.24. The zero-order chi connectivity index (χ0) is 14.7. The van der Waals surface area contributed by atoms with E-state index in [9.17, 15) is 0 Å². The first-order valence-corrected chi connectivity index (χ1v) is 8.04. The van der Waals surface area contributed by atoms with E-state index < -0.39 is 15.9 Å². The topological polar surface area (TPSA) is 31.4 Å². The van der Waals surface area contributed by atoms with Gasteiger partial charge in [-0.2, -0.15) is 0 Å². The van der Waals surface area contributed by atoms with Gasteiger partial charge in [0.1, 0.15) is 11.3 Å². The van der Waals surface area contributed by atoms with Crippen molar-refractivity contribution in [3.8, 4) is 5.75 Å². The Morgan fingerprint density at radius 2 is 1.90 bits per heavy atom. The van der Waals surface area contributed by atoms with Crippen LogP contribution in [0, 0.1) is 6.92 Å². The standard InChI is InChI=1S/C10H9NO.C7H10O.Al/c1-7-5-6-8-3-2-4-9(12)10(8)11-7;1-6-2-4-7(8)5-3-6;/h2-6,12H,1H3;2,4,8H,3,5H2,1H3;/q;;+2/p-2. The maximum absolute atomic E-state index is 5.84. The molecule has 0 N–H and O–H groups in total. The van der Waals surface area contributed by atoms with Crippen molar-refractivity contribution in [1.29, 1.82) is 0 Å². The number of benzene rings is 1. The van der Waals surface area contributed by atoms with Crippen molar-refractivity contribution in [3.05, 3.63) is 59.5 Å². The molecule has 0 unspecified atom stereocenters. The lowest BCUT2D eigenvalue weighted by molar-refractivity contribution is 0.360. The molecule has 1 heterocycles. The molecule has 1 aromatic carbocycles. The number of nitrogens with zero attached hydrogens (tertiary/aromatic N) is 1. The molecule has 105 valence electrons. The summed E-state index contributed by atoms with van der Waals surface area (Å²) < 4.78 is 11.6. The molecule has 3 nitrogen and oxygen atoms in total. The molecule has 0 fully saturated rings. The molecule has 21 heavy (non-hydrogen) atoms. The summed E-state index contributed by atoms with van der Waals surface area (Å²) in [5.41, 5.74) is 3.29. The molecule has 0 bridgehead atoms. The van der Waals surface area contributed by atoms with Crippen molar-refractivity contribution in [2.75, 3.05) is 0 Å². The van der Waals surface area contributed by atoms with Crippen LogP contribution in [0.1, 0.15) is 25.5 Å². The van der Waals surface area contributed by atoms with Crippen LogP contribution in [0.2, 0.25) is 0 Å². The molecule has 0 amide bonds. The summed E-state index contributed by atoms with van der Waals surface area (Å²) in [6.45, 7) is 4.13. The first-order chi connectivity index (χ1) is 10.2. The van der Waals surface area contributed by atoms with Crippen LogP contribution >= 0.6 is 0 Å². The Balaban J connectivity index is 1.70. The van der Waals surface area contributed by atoms with E-state index in [4.69, 9.17) is 7.58 Å². The number of hydrogen-bond acceptors (Lipinski definition) is 3. The quantitative estimate of drug-likeness (QED) is 0.796. The molecule has 1 aliphatic rings. The van der Waals surface area contributed by atoms with E-state index in [1.165, 1.54) is 5.57 Å². The highest BCUT2D eigenvalue weighted by atomic mass is 27.2. The first-order valence-electron chi connectivity index (χ1n) is 7.10. The normalized spacial score (nSPS) is 14.4. The van der Waals surface area contributed by atoms with E-state index in [0.29, 0.717) is 0 Å². The van der Waals surface area contributed by atoms with Crippen LogP contribution in [-0.4, -0.2) is 20.9 Å². The maximum atomic E-state index is 5.84. The van der Waals surface area contributed by atoms with Gasteiger partial charge in [0.25, 0.3) is 0 Å². The lowest BCUT2D eigenvalue weighted by Crippen LogP contribution is -2.09. The molecule has 0 atom stereocenters. The van der Waals surface area contributed by atoms with Crippen molar-refractivity contribution in [2.45, 2.75) is 26.7 Å². The number of pyridine rings is 1. The number of para-hydroxylation sites is 1. The second-order valence-corrected chi connectivity index (χ2v) is 5.92. The molecule has 4 heteroatoms. The lowest BCUT2D eigenvalue weighted by atomic mass is 10.1. The summed E-state index contributed by atoms with van der Waals surface area (Å²) in [5, 5.41) is 1.09. The highest BCUT2D eigenvalue weighted by Gasteiger charge is 2.12. The van der Waals surface area contributed by atoms with Gasteiger partial charge in [-0.1, -0.05) is 29.8 Å². The molecule has 0 aliphatic heterocycles.